The minimum absolute atomic E-state index is 0.0798. The molecule has 0 aromatic heterocycles. The molecule has 0 fully saturated rings. The lowest BCUT2D eigenvalue weighted by atomic mass is 10.0. The van der Waals surface area contributed by atoms with E-state index in [-0.39, 0.29) is 31.1 Å². The first-order valence-corrected chi connectivity index (χ1v) is 32.4. The van der Waals surface area contributed by atoms with Crippen molar-refractivity contribution in [3.63, 3.8) is 0 Å². The molecule has 0 aromatic rings. The summed E-state index contributed by atoms with van der Waals surface area (Å²) < 4.78 is 16.9. The van der Waals surface area contributed by atoms with Gasteiger partial charge in [0.05, 0.1) is 0 Å². The number of rotatable bonds is 59. The highest BCUT2D eigenvalue weighted by Gasteiger charge is 2.19. The summed E-state index contributed by atoms with van der Waals surface area (Å²) in [5.74, 6) is -0.887. The summed E-state index contributed by atoms with van der Waals surface area (Å²) in [6.45, 7) is 6.50. The van der Waals surface area contributed by atoms with Gasteiger partial charge in [0.1, 0.15) is 13.2 Å². The van der Waals surface area contributed by atoms with E-state index in [4.69, 9.17) is 14.2 Å². The quantitative estimate of drug-likeness (QED) is 0.0261. The van der Waals surface area contributed by atoms with E-state index in [1.165, 1.54) is 193 Å². The highest BCUT2D eigenvalue weighted by atomic mass is 16.6. The van der Waals surface area contributed by atoms with Gasteiger partial charge in [-0.05, 0) is 103 Å². The molecule has 0 saturated heterocycles. The molecule has 75 heavy (non-hydrogen) atoms. The Morgan fingerprint density at radius 1 is 0.280 bits per heavy atom. The van der Waals surface area contributed by atoms with Crippen LogP contribution in [0.2, 0.25) is 0 Å². The molecule has 0 rings (SSSR count). The molecule has 0 N–H and O–H groups in total. The number of hydrogen-bond acceptors (Lipinski definition) is 6. The second-order valence-corrected chi connectivity index (χ2v) is 21.6. The molecular formula is C69H122O6. The molecule has 0 bridgehead atoms. The zero-order chi connectivity index (χ0) is 54.3. The van der Waals surface area contributed by atoms with Gasteiger partial charge in [-0.3, -0.25) is 14.4 Å². The highest BCUT2D eigenvalue weighted by Crippen LogP contribution is 2.17. The summed E-state index contributed by atoms with van der Waals surface area (Å²) in [6, 6.07) is 0. The lowest BCUT2D eigenvalue weighted by Gasteiger charge is -2.18. The fourth-order valence-corrected chi connectivity index (χ4v) is 9.29. The third kappa shape index (κ3) is 61.6. The van der Waals surface area contributed by atoms with Crippen molar-refractivity contribution >= 4 is 17.9 Å². The summed E-state index contributed by atoms with van der Waals surface area (Å²) in [7, 11) is 0. The molecule has 0 aromatic carbocycles. The van der Waals surface area contributed by atoms with Gasteiger partial charge in [0, 0.05) is 19.3 Å². The van der Waals surface area contributed by atoms with E-state index >= 15 is 0 Å². The third-order valence-electron chi connectivity index (χ3n) is 14.2. The van der Waals surface area contributed by atoms with E-state index < -0.39 is 6.10 Å². The summed E-state index contributed by atoms with van der Waals surface area (Å²) in [6.07, 6.45) is 82.1. The summed E-state index contributed by atoms with van der Waals surface area (Å²) in [5.41, 5.74) is 0. The maximum atomic E-state index is 12.9. The molecule has 0 spiro atoms. The van der Waals surface area contributed by atoms with Crippen LogP contribution in [0.5, 0.6) is 0 Å². The normalized spacial score (nSPS) is 12.5. The molecule has 0 saturated carbocycles. The van der Waals surface area contributed by atoms with Crippen molar-refractivity contribution in [2.24, 2.45) is 0 Å². The Morgan fingerprint density at radius 2 is 0.533 bits per heavy atom. The zero-order valence-corrected chi connectivity index (χ0v) is 49.8. The van der Waals surface area contributed by atoms with Crippen LogP contribution in [0.1, 0.15) is 329 Å². The summed E-state index contributed by atoms with van der Waals surface area (Å²) in [4.78, 5) is 38.2. The fraction of sp³-hybridized carbons (Fsp3) is 0.783. The standard InChI is InChI=1S/C69H122O6/c1-4-7-10-13-16-19-22-24-26-28-29-30-31-32-33-34-35-36-37-38-39-41-42-44-47-50-53-56-59-62-68(71)74-65-66(64-73-67(70)61-58-55-52-49-46-21-18-15-12-9-6-3)75-69(72)63-60-57-54-51-48-45-43-40-27-25-23-20-17-14-11-8-5-2/h8,11,15,17-18,20,22,24-25,27-29,66H,4-7,9-10,12-14,16,19,21,23,26,30-65H2,1-3H3/b11-8-,18-15-,20-17-,24-22-,27-25-,29-28-. The van der Waals surface area contributed by atoms with Crippen LogP contribution in [0.15, 0.2) is 72.9 Å². The lowest BCUT2D eigenvalue weighted by Crippen LogP contribution is -2.30. The second kappa shape index (κ2) is 63.4. The Kier molecular flexibility index (Phi) is 60.7. The molecule has 1 unspecified atom stereocenters. The van der Waals surface area contributed by atoms with Crippen LogP contribution in [0.3, 0.4) is 0 Å². The van der Waals surface area contributed by atoms with Crippen molar-refractivity contribution in [3.05, 3.63) is 72.9 Å². The van der Waals surface area contributed by atoms with Crippen LogP contribution in [0.25, 0.3) is 0 Å². The van der Waals surface area contributed by atoms with Gasteiger partial charge in [-0.1, -0.05) is 280 Å². The van der Waals surface area contributed by atoms with Gasteiger partial charge >= 0.3 is 17.9 Å². The number of esters is 3. The number of allylic oxidation sites excluding steroid dienone is 12. The minimum Gasteiger partial charge on any atom is -0.462 e. The maximum Gasteiger partial charge on any atom is 0.306 e. The molecular weight excluding hydrogens is 925 g/mol. The van der Waals surface area contributed by atoms with Crippen LogP contribution >= 0.6 is 0 Å². The second-order valence-electron chi connectivity index (χ2n) is 21.6. The monoisotopic (exact) mass is 1050 g/mol. The number of ether oxygens (including phenoxy) is 3. The average Bonchev–Trinajstić information content (AvgIpc) is 3.41. The van der Waals surface area contributed by atoms with Crippen LogP contribution in [-0.4, -0.2) is 37.2 Å². The first-order chi connectivity index (χ1) is 37.0. The molecule has 0 aliphatic carbocycles. The van der Waals surface area contributed by atoms with Crippen molar-refractivity contribution in [2.75, 3.05) is 13.2 Å². The molecule has 0 heterocycles. The molecule has 6 heteroatoms. The Balaban J connectivity index is 4.18. The first-order valence-electron chi connectivity index (χ1n) is 32.4. The third-order valence-corrected chi connectivity index (χ3v) is 14.2. The minimum atomic E-state index is -0.783. The van der Waals surface area contributed by atoms with E-state index in [0.29, 0.717) is 19.3 Å². The van der Waals surface area contributed by atoms with E-state index in [1.54, 1.807) is 0 Å². The molecule has 1 atom stereocenters. The van der Waals surface area contributed by atoms with Crippen molar-refractivity contribution in [1.29, 1.82) is 0 Å². The average molecular weight is 1050 g/mol. The Hall–Kier alpha value is -3.15. The van der Waals surface area contributed by atoms with Crippen molar-refractivity contribution in [1.82, 2.24) is 0 Å². The molecule has 0 aliphatic heterocycles. The Labute approximate surface area is 465 Å². The van der Waals surface area contributed by atoms with E-state index in [0.717, 1.165) is 96.3 Å². The van der Waals surface area contributed by atoms with Gasteiger partial charge in [0.25, 0.3) is 0 Å². The van der Waals surface area contributed by atoms with Crippen LogP contribution in [0, 0.1) is 0 Å². The van der Waals surface area contributed by atoms with Gasteiger partial charge < -0.3 is 14.2 Å². The van der Waals surface area contributed by atoms with Gasteiger partial charge in [0.15, 0.2) is 6.10 Å². The van der Waals surface area contributed by atoms with Crippen molar-refractivity contribution in [3.8, 4) is 0 Å². The number of unbranched alkanes of at least 4 members (excludes halogenated alkanes) is 36. The van der Waals surface area contributed by atoms with Gasteiger partial charge in [-0.25, -0.2) is 0 Å². The van der Waals surface area contributed by atoms with Crippen LogP contribution < -0.4 is 0 Å². The van der Waals surface area contributed by atoms with E-state index in [9.17, 15) is 14.4 Å². The van der Waals surface area contributed by atoms with Crippen molar-refractivity contribution in [2.45, 2.75) is 335 Å². The Morgan fingerprint density at radius 3 is 0.867 bits per heavy atom. The largest absolute Gasteiger partial charge is 0.462 e. The maximum absolute atomic E-state index is 12.9. The molecule has 6 nitrogen and oxygen atoms in total. The number of carbonyl (C=O) groups is 3. The summed E-state index contributed by atoms with van der Waals surface area (Å²) in [5, 5.41) is 0. The predicted octanol–water partition coefficient (Wildman–Crippen LogP) is 22.1. The number of hydrogen-bond donors (Lipinski definition) is 0. The van der Waals surface area contributed by atoms with Gasteiger partial charge in [-0.15, -0.1) is 0 Å². The van der Waals surface area contributed by atoms with Crippen LogP contribution in [-0.2, 0) is 28.6 Å². The Bertz CT molecular complexity index is 1390. The zero-order valence-electron chi connectivity index (χ0n) is 49.8. The smallest absolute Gasteiger partial charge is 0.306 e. The van der Waals surface area contributed by atoms with Crippen LogP contribution in [0.4, 0.5) is 0 Å². The number of carbonyl (C=O) groups excluding carboxylic acids is 3. The lowest BCUT2D eigenvalue weighted by molar-refractivity contribution is -0.167. The summed E-state index contributed by atoms with van der Waals surface area (Å²) >= 11 is 0. The molecule has 434 valence electrons. The highest BCUT2D eigenvalue weighted by molar-refractivity contribution is 5.71. The molecule has 0 amide bonds. The molecule has 0 radical (unpaired) electrons. The topological polar surface area (TPSA) is 78.9 Å². The predicted molar refractivity (Wildman–Crippen MR) is 325 cm³/mol. The van der Waals surface area contributed by atoms with E-state index in [2.05, 4.69) is 93.7 Å². The molecule has 0 aliphatic rings. The fourth-order valence-electron chi connectivity index (χ4n) is 9.29. The van der Waals surface area contributed by atoms with E-state index in [1.807, 2.05) is 0 Å². The van der Waals surface area contributed by atoms with Gasteiger partial charge in [-0.2, -0.15) is 0 Å². The first kappa shape index (κ1) is 71.8. The SMILES string of the molecule is CC/C=C\C/C=C\C/C=C\CCCCCCCCCC(=O)OC(COC(=O)CCCCCCC/C=C\CCCC)COC(=O)CCCCCCCCCCCCCCCCCCC/C=C\C/C=C\CCCCCCC. The van der Waals surface area contributed by atoms with Gasteiger partial charge in [0.2, 0.25) is 0 Å². The van der Waals surface area contributed by atoms with Crippen molar-refractivity contribution < 1.29 is 28.6 Å².